The van der Waals surface area contributed by atoms with Gasteiger partial charge in [0.15, 0.2) is 0 Å². The summed E-state index contributed by atoms with van der Waals surface area (Å²) < 4.78 is 24.6. The first-order valence-corrected chi connectivity index (χ1v) is 14.6. The molecule has 4 aromatic carbocycles. The minimum atomic E-state index is 0.742. The van der Waals surface area contributed by atoms with Crippen LogP contribution < -0.4 is 18.9 Å². The van der Waals surface area contributed by atoms with E-state index in [2.05, 4.69) is 74.5 Å². The van der Waals surface area contributed by atoms with Crippen LogP contribution in [0.5, 0.6) is 23.0 Å². The lowest BCUT2D eigenvalue weighted by Gasteiger charge is -2.25. The molecule has 0 fully saturated rings. The first kappa shape index (κ1) is 26.1. The van der Waals surface area contributed by atoms with Crippen molar-refractivity contribution in [2.75, 3.05) is 13.2 Å². The summed E-state index contributed by atoms with van der Waals surface area (Å²) in [6.07, 6.45) is 11.2. The van der Waals surface area contributed by atoms with Crippen LogP contribution in [-0.4, -0.2) is 13.2 Å². The molecular weight excluding hydrogens is 496 g/mol. The number of hydrogen-bond donors (Lipinski definition) is 0. The second-order valence-corrected chi connectivity index (χ2v) is 10.4. The Kier molecular flexibility index (Phi) is 7.76. The van der Waals surface area contributed by atoms with Crippen molar-refractivity contribution in [2.45, 2.75) is 52.4 Å². The highest BCUT2D eigenvalue weighted by atomic mass is 16.5. The largest absolute Gasteiger partial charge is 0.494 e. The summed E-state index contributed by atoms with van der Waals surface area (Å²) in [6, 6.07) is 24.7. The maximum absolute atomic E-state index is 6.43. The van der Waals surface area contributed by atoms with Gasteiger partial charge in [0.05, 0.1) is 13.2 Å². The Morgan fingerprint density at radius 3 is 1.45 bits per heavy atom. The van der Waals surface area contributed by atoms with E-state index in [1.807, 2.05) is 24.3 Å². The third-order valence-corrected chi connectivity index (χ3v) is 7.47. The van der Waals surface area contributed by atoms with Crippen molar-refractivity contribution in [1.29, 1.82) is 0 Å². The molecule has 4 nitrogen and oxygen atoms in total. The number of rotatable bonds is 12. The van der Waals surface area contributed by atoms with E-state index >= 15 is 0 Å². The molecule has 0 spiro atoms. The lowest BCUT2D eigenvalue weighted by molar-refractivity contribution is 0.305. The summed E-state index contributed by atoms with van der Waals surface area (Å²) in [7, 11) is 0. The highest BCUT2D eigenvalue weighted by molar-refractivity contribution is 6.10. The summed E-state index contributed by atoms with van der Waals surface area (Å²) in [4.78, 5) is 0. The molecule has 0 aliphatic carbocycles. The molecule has 0 N–H and O–H groups in total. The van der Waals surface area contributed by atoms with Crippen LogP contribution in [0.25, 0.3) is 34.4 Å². The molecule has 0 bridgehead atoms. The quantitative estimate of drug-likeness (QED) is 0.170. The van der Waals surface area contributed by atoms with Crippen LogP contribution in [0.2, 0.25) is 0 Å². The van der Waals surface area contributed by atoms with Crippen molar-refractivity contribution in [1.82, 2.24) is 0 Å². The van der Waals surface area contributed by atoms with Crippen molar-refractivity contribution in [3.8, 4) is 23.0 Å². The predicted octanol–water partition coefficient (Wildman–Crippen LogP) is 9.76. The second kappa shape index (κ2) is 11.9. The van der Waals surface area contributed by atoms with Crippen LogP contribution in [-0.2, 0) is 0 Å². The number of benzene rings is 4. The van der Waals surface area contributed by atoms with Crippen LogP contribution in [0.15, 0.2) is 72.8 Å². The first-order chi connectivity index (χ1) is 19.7. The van der Waals surface area contributed by atoms with E-state index in [-0.39, 0.29) is 0 Å². The van der Waals surface area contributed by atoms with E-state index in [4.69, 9.17) is 18.9 Å². The fraction of sp³-hybridized carbons (Fsp3) is 0.278. The maximum Gasteiger partial charge on any atom is 0.136 e. The SMILES string of the molecule is CCCCCCOc1ccc(C2=Cc3ccc4c5c(ccc(c35)O2)C=C(c2ccc(OCCCC)cc2)O4)cc1. The number of hydrogen-bond acceptors (Lipinski definition) is 4. The fourth-order valence-electron chi connectivity index (χ4n) is 5.24. The Hall–Kier alpha value is -4.18. The molecule has 0 saturated carbocycles. The van der Waals surface area contributed by atoms with Crippen LogP contribution in [0.1, 0.15) is 74.6 Å². The highest BCUT2D eigenvalue weighted by Crippen LogP contribution is 2.46. The molecule has 2 aliphatic rings. The summed E-state index contributed by atoms with van der Waals surface area (Å²) in [5, 5.41) is 2.17. The van der Waals surface area contributed by atoms with E-state index in [0.29, 0.717) is 0 Å². The van der Waals surface area contributed by atoms with Crippen molar-refractivity contribution in [3.63, 3.8) is 0 Å². The molecule has 4 aromatic rings. The monoisotopic (exact) mass is 532 g/mol. The Balaban J connectivity index is 1.22. The summed E-state index contributed by atoms with van der Waals surface area (Å²) in [6.45, 7) is 5.89. The van der Waals surface area contributed by atoms with Gasteiger partial charge < -0.3 is 18.9 Å². The highest BCUT2D eigenvalue weighted by Gasteiger charge is 2.24. The smallest absolute Gasteiger partial charge is 0.136 e. The minimum absolute atomic E-state index is 0.742. The summed E-state index contributed by atoms with van der Waals surface area (Å²) in [5.41, 5.74) is 4.30. The summed E-state index contributed by atoms with van der Waals surface area (Å²) in [5.74, 6) is 5.14. The van der Waals surface area contributed by atoms with Gasteiger partial charge in [-0.2, -0.15) is 0 Å². The van der Waals surface area contributed by atoms with Gasteiger partial charge >= 0.3 is 0 Å². The molecule has 6 rings (SSSR count). The van der Waals surface area contributed by atoms with Gasteiger partial charge in [0.2, 0.25) is 0 Å². The van der Waals surface area contributed by atoms with Crippen LogP contribution in [0, 0.1) is 0 Å². The summed E-state index contributed by atoms with van der Waals surface area (Å²) >= 11 is 0. The van der Waals surface area contributed by atoms with E-state index < -0.39 is 0 Å². The van der Waals surface area contributed by atoms with Gasteiger partial charge in [0, 0.05) is 21.9 Å². The molecule has 204 valence electrons. The van der Waals surface area contributed by atoms with Gasteiger partial charge in [-0.25, -0.2) is 0 Å². The molecule has 40 heavy (non-hydrogen) atoms. The van der Waals surface area contributed by atoms with Crippen LogP contribution in [0.4, 0.5) is 0 Å². The third kappa shape index (κ3) is 5.44. The molecule has 0 amide bonds. The lowest BCUT2D eigenvalue weighted by atomic mass is 9.93. The van der Waals surface area contributed by atoms with Gasteiger partial charge in [0.1, 0.15) is 34.5 Å². The van der Waals surface area contributed by atoms with Gasteiger partial charge in [-0.15, -0.1) is 0 Å². The van der Waals surface area contributed by atoms with Gasteiger partial charge in [-0.1, -0.05) is 51.7 Å². The molecular formula is C36H36O4. The van der Waals surface area contributed by atoms with E-state index in [1.165, 1.54) is 19.3 Å². The van der Waals surface area contributed by atoms with E-state index in [9.17, 15) is 0 Å². The van der Waals surface area contributed by atoms with Crippen LogP contribution in [0.3, 0.4) is 0 Å². The molecule has 2 heterocycles. The maximum atomic E-state index is 6.43. The molecule has 4 heteroatoms. The average molecular weight is 533 g/mol. The average Bonchev–Trinajstić information content (AvgIpc) is 3.00. The Morgan fingerprint density at radius 1 is 0.500 bits per heavy atom. The van der Waals surface area contributed by atoms with Crippen molar-refractivity contribution in [3.05, 3.63) is 95.1 Å². The normalized spacial score (nSPS) is 13.2. The fourth-order valence-corrected chi connectivity index (χ4v) is 5.24. The molecule has 0 atom stereocenters. The second-order valence-electron chi connectivity index (χ2n) is 10.4. The number of unbranched alkanes of at least 4 members (excludes halogenated alkanes) is 4. The van der Waals surface area contributed by atoms with Gasteiger partial charge in [0.25, 0.3) is 0 Å². The van der Waals surface area contributed by atoms with Gasteiger partial charge in [-0.05, 0) is 96.8 Å². The zero-order valence-electron chi connectivity index (χ0n) is 23.4. The molecule has 0 unspecified atom stereocenters. The van der Waals surface area contributed by atoms with E-state index in [1.54, 1.807) is 0 Å². The zero-order valence-corrected chi connectivity index (χ0v) is 23.4. The minimum Gasteiger partial charge on any atom is -0.494 e. The topological polar surface area (TPSA) is 36.9 Å². The van der Waals surface area contributed by atoms with Crippen LogP contribution >= 0.6 is 0 Å². The van der Waals surface area contributed by atoms with Crippen molar-refractivity contribution >= 4 is 34.4 Å². The Bertz CT molecular complexity index is 1550. The zero-order chi connectivity index (χ0) is 27.3. The molecule has 0 aromatic heterocycles. The lowest BCUT2D eigenvalue weighted by Crippen LogP contribution is -2.06. The molecule has 2 aliphatic heterocycles. The standard InChI is InChI=1S/C36H36O4/c1-3-5-7-8-22-38-30-17-11-26(12-18-30)34-24-28-14-19-31-35-27(13-20-32(40-34)36(28)35)23-33(39-31)25-9-15-29(16-10-25)37-21-6-4-2/h9-20,23-24H,3-8,21-22H2,1-2H3. The molecule has 0 saturated heterocycles. The van der Waals surface area contributed by atoms with Crippen molar-refractivity contribution in [2.24, 2.45) is 0 Å². The van der Waals surface area contributed by atoms with Gasteiger partial charge in [-0.3, -0.25) is 0 Å². The van der Waals surface area contributed by atoms with E-state index in [0.717, 1.165) is 100 Å². The Labute approximate surface area is 236 Å². The number of ether oxygens (including phenoxy) is 4. The van der Waals surface area contributed by atoms with Crippen molar-refractivity contribution < 1.29 is 18.9 Å². The predicted molar refractivity (Wildman–Crippen MR) is 164 cm³/mol. The third-order valence-electron chi connectivity index (χ3n) is 7.47. The first-order valence-electron chi connectivity index (χ1n) is 14.6. The molecule has 0 radical (unpaired) electrons. The Morgan fingerprint density at radius 2 is 0.975 bits per heavy atom.